The van der Waals surface area contributed by atoms with Crippen LogP contribution in [0.3, 0.4) is 0 Å². The zero-order chi connectivity index (χ0) is 22.5. The number of carbonyl (C=O) groups is 1. The molecule has 4 aromatic rings. The summed E-state index contributed by atoms with van der Waals surface area (Å²) in [5.74, 6) is 1.73. The molecule has 7 nitrogen and oxygen atoms in total. The highest BCUT2D eigenvalue weighted by Gasteiger charge is 2.25. The average molecular weight is 428 g/mol. The molecule has 2 aromatic carbocycles. The molecular formula is C25H24N4O3. The van der Waals surface area contributed by atoms with Crippen LogP contribution in [0, 0.1) is 17.2 Å². The SMILES string of the molecule is CCC(C)C(NC(=O)c1ccc(COc2ccccc2C#N)o1)c1nc2ccccc2[nH]1. The highest BCUT2D eigenvalue weighted by atomic mass is 16.5. The van der Waals surface area contributed by atoms with E-state index in [-0.39, 0.29) is 30.2 Å². The second kappa shape index (κ2) is 9.40. The Hall–Kier alpha value is -4.05. The van der Waals surface area contributed by atoms with Crippen molar-refractivity contribution >= 4 is 16.9 Å². The minimum atomic E-state index is -0.320. The van der Waals surface area contributed by atoms with Crippen molar-refractivity contribution in [1.29, 1.82) is 5.26 Å². The number of aromatic amines is 1. The molecule has 0 aliphatic heterocycles. The number of benzene rings is 2. The fourth-order valence-electron chi connectivity index (χ4n) is 3.46. The number of ether oxygens (including phenoxy) is 1. The first-order valence-electron chi connectivity index (χ1n) is 10.5. The van der Waals surface area contributed by atoms with E-state index in [1.165, 1.54) is 0 Å². The summed E-state index contributed by atoms with van der Waals surface area (Å²) in [7, 11) is 0. The normalized spacial score (nSPS) is 12.8. The molecule has 0 fully saturated rings. The van der Waals surface area contributed by atoms with Crippen LogP contribution in [0.15, 0.2) is 65.1 Å². The lowest BCUT2D eigenvalue weighted by atomic mass is 9.98. The Morgan fingerprint density at radius 3 is 2.75 bits per heavy atom. The van der Waals surface area contributed by atoms with Crippen molar-refractivity contribution in [2.45, 2.75) is 32.9 Å². The second-order valence-electron chi connectivity index (χ2n) is 7.64. The maximum Gasteiger partial charge on any atom is 0.287 e. The van der Waals surface area contributed by atoms with E-state index in [9.17, 15) is 4.79 Å². The van der Waals surface area contributed by atoms with Crippen molar-refractivity contribution in [3.05, 3.63) is 83.6 Å². The first-order chi connectivity index (χ1) is 15.6. The Morgan fingerprint density at radius 2 is 1.97 bits per heavy atom. The number of nitrogens with zero attached hydrogens (tertiary/aromatic N) is 2. The van der Waals surface area contributed by atoms with Crippen LogP contribution < -0.4 is 10.1 Å². The smallest absolute Gasteiger partial charge is 0.287 e. The third kappa shape index (κ3) is 4.49. The maximum atomic E-state index is 12.9. The molecule has 2 unspecified atom stereocenters. The van der Waals surface area contributed by atoms with Gasteiger partial charge in [-0.05, 0) is 42.3 Å². The van der Waals surface area contributed by atoms with E-state index in [0.717, 1.165) is 23.3 Å². The Balaban J connectivity index is 1.47. The molecule has 32 heavy (non-hydrogen) atoms. The molecule has 0 spiro atoms. The van der Waals surface area contributed by atoms with Crippen molar-refractivity contribution in [2.75, 3.05) is 0 Å². The van der Waals surface area contributed by atoms with Gasteiger partial charge in [-0.25, -0.2) is 4.98 Å². The largest absolute Gasteiger partial charge is 0.484 e. The van der Waals surface area contributed by atoms with Crippen molar-refractivity contribution in [3.63, 3.8) is 0 Å². The highest BCUT2D eigenvalue weighted by Crippen LogP contribution is 2.25. The fraction of sp³-hybridized carbons (Fsp3) is 0.240. The van der Waals surface area contributed by atoms with Crippen LogP contribution in [0.4, 0.5) is 0 Å². The molecule has 0 aliphatic carbocycles. The summed E-state index contributed by atoms with van der Waals surface area (Å²) < 4.78 is 11.4. The molecule has 0 saturated heterocycles. The van der Waals surface area contributed by atoms with Gasteiger partial charge in [0, 0.05) is 0 Å². The number of furan rings is 1. The van der Waals surface area contributed by atoms with E-state index in [4.69, 9.17) is 14.4 Å². The molecule has 1 amide bonds. The molecule has 2 heterocycles. The van der Waals surface area contributed by atoms with Gasteiger partial charge in [0.05, 0.1) is 22.6 Å². The molecule has 4 rings (SSSR count). The first kappa shape index (κ1) is 21.2. The quantitative estimate of drug-likeness (QED) is 0.405. The van der Waals surface area contributed by atoms with Gasteiger partial charge in [-0.3, -0.25) is 4.79 Å². The molecule has 0 aliphatic rings. The zero-order valence-electron chi connectivity index (χ0n) is 18.0. The number of imidazole rings is 1. The highest BCUT2D eigenvalue weighted by molar-refractivity contribution is 5.91. The number of hydrogen-bond acceptors (Lipinski definition) is 5. The standard InChI is InChI=1S/C25H24N4O3/c1-3-16(2)23(24-27-19-9-5-6-10-20(19)28-24)29-25(30)22-13-12-18(32-22)15-31-21-11-7-4-8-17(21)14-26/h4-13,16,23H,3,15H2,1-2H3,(H,27,28)(H,29,30). The fourth-order valence-corrected chi connectivity index (χ4v) is 3.46. The average Bonchev–Trinajstić information content (AvgIpc) is 3.48. The molecule has 162 valence electrons. The van der Waals surface area contributed by atoms with E-state index in [2.05, 4.69) is 35.2 Å². The number of hydrogen-bond donors (Lipinski definition) is 2. The Kier molecular flexibility index (Phi) is 6.22. The van der Waals surface area contributed by atoms with Crippen LogP contribution in [0.5, 0.6) is 5.75 Å². The zero-order valence-corrected chi connectivity index (χ0v) is 18.0. The Bertz CT molecular complexity index is 1230. The van der Waals surface area contributed by atoms with Gasteiger partial charge in [0.2, 0.25) is 0 Å². The molecule has 0 radical (unpaired) electrons. The van der Waals surface area contributed by atoms with Crippen LogP contribution in [0.2, 0.25) is 0 Å². The second-order valence-corrected chi connectivity index (χ2v) is 7.64. The Morgan fingerprint density at radius 1 is 1.19 bits per heavy atom. The molecule has 2 atom stereocenters. The lowest BCUT2D eigenvalue weighted by Gasteiger charge is -2.22. The number of fused-ring (bicyclic) bond motifs is 1. The van der Waals surface area contributed by atoms with E-state index >= 15 is 0 Å². The lowest BCUT2D eigenvalue weighted by molar-refractivity contribution is 0.0888. The summed E-state index contributed by atoms with van der Waals surface area (Å²) in [6.07, 6.45) is 0.873. The maximum absolute atomic E-state index is 12.9. The first-order valence-corrected chi connectivity index (χ1v) is 10.5. The summed E-state index contributed by atoms with van der Waals surface area (Å²) in [5, 5.41) is 12.2. The van der Waals surface area contributed by atoms with Crippen LogP contribution >= 0.6 is 0 Å². The number of amides is 1. The molecule has 7 heteroatoms. The number of carbonyl (C=O) groups excluding carboxylic acids is 1. The summed E-state index contributed by atoms with van der Waals surface area (Å²) in [5.41, 5.74) is 2.24. The minimum absolute atomic E-state index is 0.115. The third-order valence-corrected chi connectivity index (χ3v) is 5.46. The van der Waals surface area contributed by atoms with Crippen molar-refractivity contribution in [2.24, 2.45) is 5.92 Å². The summed E-state index contributed by atoms with van der Waals surface area (Å²) in [4.78, 5) is 20.9. The van der Waals surface area contributed by atoms with Gasteiger partial charge >= 0.3 is 0 Å². The predicted molar refractivity (Wildman–Crippen MR) is 120 cm³/mol. The lowest BCUT2D eigenvalue weighted by Crippen LogP contribution is -2.33. The molecule has 0 bridgehead atoms. The molecular weight excluding hydrogens is 404 g/mol. The van der Waals surface area contributed by atoms with E-state index in [1.807, 2.05) is 24.3 Å². The summed E-state index contributed by atoms with van der Waals surface area (Å²) in [6, 6.07) is 19.9. The number of H-pyrrole nitrogens is 1. The topological polar surface area (TPSA) is 104 Å². The van der Waals surface area contributed by atoms with Gasteiger partial charge in [-0.1, -0.05) is 44.5 Å². The van der Waals surface area contributed by atoms with Gasteiger partial charge in [0.1, 0.15) is 30.0 Å². The molecule has 2 N–H and O–H groups in total. The van der Waals surface area contributed by atoms with E-state index in [0.29, 0.717) is 17.1 Å². The minimum Gasteiger partial charge on any atom is -0.484 e. The van der Waals surface area contributed by atoms with Crippen molar-refractivity contribution < 1.29 is 13.9 Å². The van der Waals surface area contributed by atoms with Gasteiger partial charge < -0.3 is 19.5 Å². The Labute approximate surface area is 186 Å². The monoisotopic (exact) mass is 428 g/mol. The van der Waals surface area contributed by atoms with E-state index in [1.54, 1.807) is 36.4 Å². The van der Waals surface area contributed by atoms with Gasteiger partial charge in [-0.15, -0.1) is 0 Å². The molecule has 2 aromatic heterocycles. The van der Waals surface area contributed by atoms with Gasteiger partial charge in [0.15, 0.2) is 5.76 Å². The predicted octanol–water partition coefficient (Wildman–Crippen LogP) is 5.12. The van der Waals surface area contributed by atoms with Crippen LogP contribution in [-0.2, 0) is 6.61 Å². The molecule has 0 saturated carbocycles. The number of nitriles is 1. The number of nitrogens with one attached hydrogen (secondary N) is 2. The van der Waals surface area contributed by atoms with Crippen LogP contribution in [0.1, 0.15) is 54.0 Å². The van der Waals surface area contributed by atoms with Crippen molar-refractivity contribution in [1.82, 2.24) is 15.3 Å². The summed E-state index contributed by atoms with van der Waals surface area (Å²) >= 11 is 0. The summed E-state index contributed by atoms with van der Waals surface area (Å²) in [6.45, 7) is 4.27. The third-order valence-electron chi connectivity index (χ3n) is 5.46. The van der Waals surface area contributed by atoms with Gasteiger partial charge in [0.25, 0.3) is 5.91 Å². The van der Waals surface area contributed by atoms with E-state index < -0.39 is 0 Å². The van der Waals surface area contributed by atoms with Gasteiger partial charge in [-0.2, -0.15) is 5.26 Å². The van der Waals surface area contributed by atoms with Crippen LogP contribution in [0.25, 0.3) is 11.0 Å². The van der Waals surface area contributed by atoms with Crippen molar-refractivity contribution in [3.8, 4) is 11.8 Å². The van der Waals surface area contributed by atoms with Crippen LogP contribution in [-0.4, -0.2) is 15.9 Å². The number of aromatic nitrogens is 2. The number of rotatable bonds is 8. The number of para-hydroxylation sites is 3.